The summed E-state index contributed by atoms with van der Waals surface area (Å²) in [5.74, 6) is -0.708. The third-order valence-corrected chi connectivity index (χ3v) is 4.83. The van der Waals surface area contributed by atoms with Crippen molar-refractivity contribution < 1.29 is 9.90 Å². The van der Waals surface area contributed by atoms with E-state index < -0.39 is 5.97 Å². The number of rotatable bonds is 4. The Bertz CT molecular complexity index is 623. The van der Waals surface area contributed by atoms with Crippen LogP contribution in [0.5, 0.6) is 0 Å². The smallest absolute Gasteiger partial charge is 0.320 e. The molecule has 4 heteroatoms. The topological polar surface area (TPSA) is 40.5 Å². The molecule has 0 saturated carbocycles. The molecule has 1 aliphatic rings. The van der Waals surface area contributed by atoms with Gasteiger partial charge in [0.25, 0.3) is 0 Å². The average Bonchev–Trinajstić information content (AvgIpc) is 3.10. The second kappa shape index (κ2) is 6.00. The Labute approximate surface area is 128 Å². The molecule has 0 spiro atoms. The first-order valence-corrected chi connectivity index (χ1v) is 8.18. The van der Waals surface area contributed by atoms with E-state index in [0.717, 1.165) is 19.4 Å². The predicted molar refractivity (Wildman–Crippen MR) is 84.7 cm³/mol. The molecule has 0 bridgehead atoms. The molecule has 110 valence electrons. The van der Waals surface area contributed by atoms with E-state index in [0.29, 0.717) is 0 Å². The summed E-state index contributed by atoms with van der Waals surface area (Å²) in [4.78, 5) is 13.7. The molecule has 2 heterocycles. The van der Waals surface area contributed by atoms with Crippen molar-refractivity contribution in [1.29, 1.82) is 0 Å². The highest BCUT2D eigenvalue weighted by atomic mass is 32.1. The van der Waals surface area contributed by atoms with Gasteiger partial charge >= 0.3 is 5.97 Å². The van der Waals surface area contributed by atoms with Crippen LogP contribution in [-0.4, -0.2) is 28.6 Å². The van der Waals surface area contributed by atoms with E-state index in [4.69, 9.17) is 0 Å². The SMILES string of the molecule is Cc1cccc(C(c2ccsc2)N2CCCC2C(=O)O)c1. The van der Waals surface area contributed by atoms with Gasteiger partial charge in [-0.2, -0.15) is 11.3 Å². The number of aryl methyl sites for hydroxylation is 1. The lowest BCUT2D eigenvalue weighted by Crippen LogP contribution is -2.39. The normalized spacial score (nSPS) is 20.5. The fourth-order valence-corrected chi connectivity index (χ4v) is 3.89. The Morgan fingerprint density at radius 2 is 2.24 bits per heavy atom. The highest BCUT2D eigenvalue weighted by Crippen LogP contribution is 2.36. The molecule has 1 aromatic heterocycles. The molecule has 1 fully saturated rings. The molecule has 0 radical (unpaired) electrons. The van der Waals surface area contributed by atoms with E-state index in [9.17, 15) is 9.90 Å². The van der Waals surface area contributed by atoms with Crippen LogP contribution in [0, 0.1) is 6.92 Å². The number of aliphatic carboxylic acids is 1. The molecule has 1 N–H and O–H groups in total. The summed E-state index contributed by atoms with van der Waals surface area (Å²) < 4.78 is 0. The molecule has 21 heavy (non-hydrogen) atoms. The number of hydrogen-bond acceptors (Lipinski definition) is 3. The fourth-order valence-electron chi connectivity index (χ4n) is 3.21. The van der Waals surface area contributed by atoms with Gasteiger partial charge in [-0.05, 0) is 47.7 Å². The van der Waals surface area contributed by atoms with Crippen molar-refractivity contribution in [2.75, 3.05) is 6.54 Å². The number of likely N-dealkylation sites (tertiary alicyclic amines) is 1. The Kier molecular flexibility index (Phi) is 4.08. The van der Waals surface area contributed by atoms with Crippen molar-refractivity contribution in [3.63, 3.8) is 0 Å². The van der Waals surface area contributed by atoms with Crippen molar-refractivity contribution in [1.82, 2.24) is 4.90 Å². The largest absolute Gasteiger partial charge is 0.480 e. The minimum Gasteiger partial charge on any atom is -0.480 e. The van der Waals surface area contributed by atoms with Gasteiger partial charge in [-0.15, -0.1) is 0 Å². The van der Waals surface area contributed by atoms with Crippen LogP contribution in [-0.2, 0) is 4.79 Å². The van der Waals surface area contributed by atoms with Crippen LogP contribution in [0.25, 0.3) is 0 Å². The Morgan fingerprint density at radius 3 is 2.90 bits per heavy atom. The molecule has 1 aliphatic heterocycles. The second-order valence-electron chi connectivity index (χ2n) is 5.61. The maximum Gasteiger partial charge on any atom is 0.320 e. The zero-order valence-electron chi connectivity index (χ0n) is 12.0. The van der Waals surface area contributed by atoms with Crippen molar-refractivity contribution >= 4 is 17.3 Å². The van der Waals surface area contributed by atoms with Crippen LogP contribution >= 0.6 is 11.3 Å². The van der Waals surface area contributed by atoms with Gasteiger partial charge in [0.2, 0.25) is 0 Å². The van der Waals surface area contributed by atoms with Crippen LogP contribution in [0.15, 0.2) is 41.1 Å². The highest BCUT2D eigenvalue weighted by Gasteiger charge is 2.36. The van der Waals surface area contributed by atoms with Gasteiger partial charge in [0.05, 0.1) is 6.04 Å². The van der Waals surface area contributed by atoms with Gasteiger partial charge in [0.1, 0.15) is 6.04 Å². The number of carboxylic acid groups (broad SMARTS) is 1. The zero-order chi connectivity index (χ0) is 14.8. The van der Waals surface area contributed by atoms with Crippen LogP contribution in [0.4, 0.5) is 0 Å². The molecule has 2 atom stereocenters. The van der Waals surface area contributed by atoms with Crippen LogP contribution in [0.1, 0.15) is 35.6 Å². The zero-order valence-corrected chi connectivity index (χ0v) is 12.8. The lowest BCUT2D eigenvalue weighted by Gasteiger charge is -2.31. The summed E-state index contributed by atoms with van der Waals surface area (Å²) in [6.45, 7) is 2.91. The van der Waals surface area contributed by atoms with E-state index in [1.807, 2.05) is 0 Å². The summed E-state index contributed by atoms with van der Waals surface area (Å²) in [5, 5.41) is 13.7. The molecule has 2 unspecified atom stereocenters. The quantitative estimate of drug-likeness (QED) is 0.936. The first-order chi connectivity index (χ1) is 10.2. The maximum absolute atomic E-state index is 11.5. The number of carboxylic acids is 1. The summed E-state index contributed by atoms with van der Waals surface area (Å²) in [5.41, 5.74) is 3.58. The van der Waals surface area contributed by atoms with E-state index in [1.54, 1.807) is 11.3 Å². The van der Waals surface area contributed by atoms with Gasteiger partial charge in [0.15, 0.2) is 0 Å². The van der Waals surface area contributed by atoms with E-state index in [1.165, 1.54) is 16.7 Å². The first-order valence-electron chi connectivity index (χ1n) is 7.24. The van der Waals surface area contributed by atoms with Crippen molar-refractivity contribution in [3.05, 3.63) is 57.8 Å². The van der Waals surface area contributed by atoms with Gasteiger partial charge in [-0.25, -0.2) is 0 Å². The molecule has 1 aromatic carbocycles. The molecule has 3 rings (SSSR count). The fraction of sp³-hybridized carbons (Fsp3) is 0.353. The Morgan fingerprint density at radius 1 is 1.38 bits per heavy atom. The number of carbonyl (C=O) groups is 1. The molecule has 1 saturated heterocycles. The van der Waals surface area contributed by atoms with Crippen molar-refractivity contribution in [2.45, 2.75) is 31.8 Å². The monoisotopic (exact) mass is 301 g/mol. The predicted octanol–water partition coefficient (Wildman–Crippen LogP) is 3.69. The first kappa shape index (κ1) is 14.3. The average molecular weight is 301 g/mol. The van der Waals surface area contributed by atoms with Gasteiger partial charge in [-0.3, -0.25) is 9.69 Å². The molecule has 3 nitrogen and oxygen atoms in total. The highest BCUT2D eigenvalue weighted by molar-refractivity contribution is 7.08. The standard InChI is InChI=1S/C17H19NO2S/c1-12-4-2-5-13(10-12)16(14-7-9-21-11-14)18-8-3-6-15(18)17(19)20/h2,4-5,7,9-11,15-16H,3,6,8H2,1H3,(H,19,20). The molecule has 2 aromatic rings. The summed E-state index contributed by atoms with van der Waals surface area (Å²) >= 11 is 1.66. The molecular weight excluding hydrogens is 282 g/mol. The third-order valence-electron chi connectivity index (χ3n) is 4.13. The second-order valence-corrected chi connectivity index (χ2v) is 6.39. The van der Waals surface area contributed by atoms with Crippen LogP contribution in [0.3, 0.4) is 0 Å². The van der Waals surface area contributed by atoms with Gasteiger partial charge in [-0.1, -0.05) is 29.8 Å². The minimum atomic E-state index is -0.708. The number of benzene rings is 1. The Balaban J connectivity index is 2.03. The summed E-state index contributed by atoms with van der Waals surface area (Å²) in [6, 6.07) is 10.2. The van der Waals surface area contributed by atoms with Gasteiger partial charge in [0, 0.05) is 6.54 Å². The molecule has 0 amide bonds. The lowest BCUT2D eigenvalue weighted by molar-refractivity contribution is -0.142. The number of thiophene rings is 1. The minimum absolute atomic E-state index is 0.0414. The Hall–Kier alpha value is -1.65. The molecular formula is C17H19NO2S. The summed E-state index contributed by atoms with van der Waals surface area (Å²) in [6.07, 6.45) is 1.69. The maximum atomic E-state index is 11.5. The molecule has 0 aliphatic carbocycles. The van der Waals surface area contributed by atoms with E-state index in [-0.39, 0.29) is 12.1 Å². The van der Waals surface area contributed by atoms with E-state index in [2.05, 4.69) is 52.9 Å². The summed E-state index contributed by atoms with van der Waals surface area (Å²) in [7, 11) is 0. The van der Waals surface area contributed by atoms with Crippen LogP contribution in [0.2, 0.25) is 0 Å². The number of nitrogens with zero attached hydrogens (tertiary/aromatic N) is 1. The van der Waals surface area contributed by atoms with Crippen molar-refractivity contribution in [2.24, 2.45) is 0 Å². The number of hydrogen-bond donors (Lipinski definition) is 1. The van der Waals surface area contributed by atoms with E-state index >= 15 is 0 Å². The van der Waals surface area contributed by atoms with Crippen LogP contribution < -0.4 is 0 Å². The lowest BCUT2D eigenvalue weighted by atomic mass is 9.97. The third kappa shape index (κ3) is 2.87. The van der Waals surface area contributed by atoms with Gasteiger partial charge < -0.3 is 5.11 Å². The van der Waals surface area contributed by atoms with Crippen molar-refractivity contribution in [3.8, 4) is 0 Å².